The minimum atomic E-state index is -0.0817. The molecule has 0 aliphatic heterocycles. The fourth-order valence-electron chi connectivity index (χ4n) is 2.11. The van der Waals surface area contributed by atoms with E-state index in [9.17, 15) is 4.39 Å². The molecule has 0 amide bonds. The molecule has 100 valence electrons. The second-order valence-corrected chi connectivity index (χ2v) is 4.00. The second kappa shape index (κ2) is 6.53. The second-order valence-electron chi connectivity index (χ2n) is 4.00. The molecule has 2 aromatic rings. The van der Waals surface area contributed by atoms with Crippen molar-refractivity contribution >= 4 is 10.9 Å². The van der Waals surface area contributed by atoms with Crippen LogP contribution in [-0.2, 0) is 0 Å². The molecule has 1 heterocycles. The molecular weight excluding hydrogens is 227 g/mol. The topological polar surface area (TPSA) is 28.7 Å². The molecular formula is C15H23FN2. The predicted molar refractivity (Wildman–Crippen MR) is 75.5 cm³/mol. The zero-order valence-electron chi connectivity index (χ0n) is 12.0. The minimum absolute atomic E-state index is 0.0817. The maximum atomic E-state index is 13.7. The van der Waals surface area contributed by atoms with E-state index in [1.807, 2.05) is 34.6 Å². The van der Waals surface area contributed by atoms with Gasteiger partial charge in [-0.1, -0.05) is 27.7 Å². The highest BCUT2D eigenvalue weighted by molar-refractivity contribution is 5.83. The molecule has 1 N–H and O–H groups in total. The Labute approximate surface area is 109 Å². The van der Waals surface area contributed by atoms with Crippen LogP contribution in [-0.4, -0.2) is 10.2 Å². The van der Waals surface area contributed by atoms with E-state index in [2.05, 4.69) is 10.2 Å². The number of nitrogens with one attached hydrogen (secondary N) is 1. The highest BCUT2D eigenvalue weighted by atomic mass is 19.1. The summed E-state index contributed by atoms with van der Waals surface area (Å²) in [7, 11) is 0. The van der Waals surface area contributed by atoms with Crippen molar-refractivity contribution in [2.24, 2.45) is 0 Å². The Balaban J connectivity index is 0.000000371. The van der Waals surface area contributed by atoms with Gasteiger partial charge in [-0.25, -0.2) is 4.39 Å². The number of H-pyrrole nitrogens is 1. The Bertz CT molecular complexity index is 498. The number of fused-ring (bicyclic) bond motifs is 1. The number of hydrogen-bond donors (Lipinski definition) is 1. The number of hydrogen-bond acceptors (Lipinski definition) is 1. The molecule has 0 radical (unpaired) electrons. The Morgan fingerprint density at radius 3 is 2.39 bits per heavy atom. The average molecular weight is 250 g/mol. The van der Waals surface area contributed by atoms with Gasteiger partial charge in [-0.15, -0.1) is 0 Å². The number of halogens is 1. The van der Waals surface area contributed by atoms with Crippen molar-refractivity contribution in [3.63, 3.8) is 0 Å². The van der Waals surface area contributed by atoms with Gasteiger partial charge in [0.2, 0.25) is 0 Å². The van der Waals surface area contributed by atoms with Gasteiger partial charge in [0.15, 0.2) is 0 Å². The Kier molecular flexibility index (Phi) is 5.32. The molecule has 0 saturated heterocycles. The summed E-state index contributed by atoms with van der Waals surface area (Å²) in [5.74, 6) is 0.371. The van der Waals surface area contributed by atoms with E-state index in [0.717, 1.165) is 34.9 Å². The van der Waals surface area contributed by atoms with Crippen molar-refractivity contribution in [2.75, 3.05) is 0 Å². The smallest absolute Gasteiger partial charge is 0.129 e. The van der Waals surface area contributed by atoms with Gasteiger partial charge < -0.3 is 0 Å². The van der Waals surface area contributed by atoms with Crippen molar-refractivity contribution < 1.29 is 4.39 Å². The Hall–Kier alpha value is -1.38. The Morgan fingerprint density at radius 2 is 1.83 bits per heavy atom. The third-order valence-electron chi connectivity index (χ3n) is 2.99. The molecule has 1 aliphatic rings. The van der Waals surface area contributed by atoms with E-state index in [1.54, 1.807) is 12.3 Å². The quantitative estimate of drug-likeness (QED) is 0.763. The molecule has 1 saturated carbocycles. The van der Waals surface area contributed by atoms with Crippen molar-refractivity contribution in [1.29, 1.82) is 0 Å². The maximum Gasteiger partial charge on any atom is 0.129 e. The summed E-state index contributed by atoms with van der Waals surface area (Å²) >= 11 is 0. The third-order valence-corrected chi connectivity index (χ3v) is 2.99. The summed E-state index contributed by atoms with van der Waals surface area (Å²) in [6.45, 7) is 9.98. The minimum Gasteiger partial charge on any atom is -0.278 e. The van der Waals surface area contributed by atoms with Crippen LogP contribution in [0, 0.1) is 12.7 Å². The van der Waals surface area contributed by atoms with Gasteiger partial charge in [-0.3, -0.25) is 5.10 Å². The van der Waals surface area contributed by atoms with Crippen LogP contribution in [0.4, 0.5) is 4.39 Å². The van der Waals surface area contributed by atoms with Gasteiger partial charge in [-0.2, -0.15) is 5.10 Å². The first-order valence-corrected chi connectivity index (χ1v) is 6.89. The van der Waals surface area contributed by atoms with Gasteiger partial charge in [0.1, 0.15) is 5.82 Å². The van der Waals surface area contributed by atoms with Crippen LogP contribution in [0.1, 0.15) is 57.6 Å². The molecule has 3 rings (SSSR count). The summed E-state index contributed by atoms with van der Waals surface area (Å²) in [4.78, 5) is 0. The molecule has 0 unspecified atom stereocenters. The summed E-state index contributed by atoms with van der Waals surface area (Å²) < 4.78 is 13.7. The molecule has 2 nitrogen and oxygen atoms in total. The molecule has 1 aromatic carbocycles. The molecule has 0 atom stereocenters. The molecule has 0 spiro atoms. The van der Waals surface area contributed by atoms with Gasteiger partial charge in [0.05, 0.1) is 11.7 Å². The van der Waals surface area contributed by atoms with E-state index < -0.39 is 0 Å². The average Bonchev–Trinajstić information content (AvgIpc) is 3.12. The predicted octanol–water partition coefficient (Wildman–Crippen LogP) is 4.94. The summed E-state index contributed by atoms with van der Waals surface area (Å²) in [5.41, 5.74) is 2.75. The largest absolute Gasteiger partial charge is 0.278 e. The SMILES string of the molecule is CC.CC.Cc1c(C2CC2)c(F)cc2[nH]ncc12. The third kappa shape index (κ3) is 2.71. The monoisotopic (exact) mass is 250 g/mol. The maximum absolute atomic E-state index is 13.7. The molecule has 3 heteroatoms. The van der Waals surface area contributed by atoms with Gasteiger partial charge in [-0.05, 0) is 42.9 Å². The van der Waals surface area contributed by atoms with Crippen LogP contribution < -0.4 is 0 Å². The zero-order chi connectivity index (χ0) is 13.7. The van der Waals surface area contributed by atoms with Crippen LogP contribution in [0.15, 0.2) is 12.3 Å². The summed E-state index contributed by atoms with van der Waals surface area (Å²) in [5, 5.41) is 7.78. The molecule has 1 aliphatic carbocycles. The normalized spacial score (nSPS) is 13.4. The summed E-state index contributed by atoms with van der Waals surface area (Å²) in [6, 6.07) is 1.56. The number of benzene rings is 1. The van der Waals surface area contributed by atoms with E-state index in [-0.39, 0.29) is 5.82 Å². The molecule has 0 bridgehead atoms. The van der Waals surface area contributed by atoms with E-state index in [1.165, 1.54) is 0 Å². The van der Waals surface area contributed by atoms with Crippen molar-refractivity contribution in [3.8, 4) is 0 Å². The fraction of sp³-hybridized carbons (Fsp3) is 0.533. The molecule has 18 heavy (non-hydrogen) atoms. The zero-order valence-corrected chi connectivity index (χ0v) is 12.0. The highest BCUT2D eigenvalue weighted by Crippen LogP contribution is 2.44. The number of rotatable bonds is 1. The number of nitrogens with zero attached hydrogens (tertiary/aromatic N) is 1. The van der Waals surface area contributed by atoms with Crippen molar-refractivity contribution in [1.82, 2.24) is 10.2 Å². The lowest BCUT2D eigenvalue weighted by Crippen LogP contribution is -1.92. The van der Waals surface area contributed by atoms with E-state index in [4.69, 9.17) is 0 Å². The standard InChI is InChI=1S/C11H11FN2.2C2H6/c1-6-8-5-13-14-10(8)4-9(12)11(6)7-2-3-7;2*1-2/h4-5,7H,2-3H2,1H3,(H,13,14);2*1-2H3. The van der Waals surface area contributed by atoms with E-state index in [0.29, 0.717) is 5.92 Å². The van der Waals surface area contributed by atoms with Crippen molar-refractivity contribution in [3.05, 3.63) is 29.2 Å². The van der Waals surface area contributed by atoms with Gasteiger partial charge >= 0.3 is 0 Å². The Morgan fingerprint density at radius 1 is 1.22 bits per heavy atom. The van der Waals surface area contributed by atoms with Crippen LogP contribution in [0.2, 0.25) is 0 Å². The lowest BCUT2D eigenvalue weighted by molar-refractivity contribution is 0.611. The van der Waals surface area contributed by atoms with E-state index >= 15 is 0 Å². The number of aromatic amines is 1. The number of aromatic nitrogens is 2. The van der Waals surface area contributed by atoms with Gasteiger partial charge in [0, 0.05) is 5.39 Å². The summed E-state index contributed by atoms with van der Waals surface area (Å²) in [6.07, 6.45) is 4.03. The van der Waals surface area contributed by atoms with Crippen LogP contribution >= 0.6 is 0 Å². The first-order chi connectivity index (χ1) is 8.77. The van der Waals surface area contributed by atoms with Crippen LogP contribution in [0.25, 0.3) is 10.9 Å². The van der Waals surface area contributed by atoms with Crippen molar-refractivity contribution in [2.45, 2.75) is 53.4 Å². The first-order valence-electron chi connectivity index (χ1n) is 6.89. The highest BCUT2D eigenvalue weighted by Gasteiger charge is 2.29. The van der Waals surface area contributed by atoms with Gasteiger partial charge in [0.25, 0.3) is 0 Å². The first kappa shape index (κ1) is 14.7. The fourth-order valence-corrected chi connectivity index (χ4v) is 2.11. The molecule has 1 aromatic heterocycles. The van der Waals surface area contributed by atoms with Crippen LogP contribution in [0.5, 0.6) is 0 Å². The van der Waals surface area contributed by atoms with Crippen LogP contribution in [0.3, 0.4) is 0 Å². The lowest BCUT2D eigenvalue weighted by Gasteiger charge is -2.06. The molecule has 1 fully saturated rings. The number of aryl methyl sites for hydroxylation is 1. The lowest BCUT2D eigenvalue weighted by atomic mass is 10.0.